The molecule has 0 aliphatic heterocycles. The van der Waals surface area contributed by atoms with Crippen molar-refractivity contribution in [3.8, 4) is 0 Å². The van der Waals surface area contributed by atoms with Crippen molar-refractivity contribution >= 4 is 10.8 Å². The zero-order chi connectivity index (χ0) is 9.14. The molecule has 0 aromatic carbocycles. The first kappa shape index (κ1) is 10.2. The molecular formula is C10H20OS. The molecule has 1 fully saturated rings. The van der Waals surface area contributed by atoms with Gasteiger partial charge in [0, 0.05) is 22.8 Å². The van der Waals surface area contributed by atoms with Crippen LogP contribution in [0.15, 0.2) is 0 Å². The summed E-state index contributed by atoms with van der Waals surface area (Å²) < 4.78 is 11.1. The largest absolute Gasteiger partial charge is 0.260 e. The van der Waals surface area contributed by atoms with Crippen LogP contribution < -0.4 is 0 Å². The highest BCUT2D eigenvalue weighted by atomic mass is 32.2. The van der Waals surface area contributed by atoms with Gasteiger partial charge < -0.3 is 0 Å². The second-order valence-corrected chi connectivity index (χ2v) is 5.88. The molecule has 1 rings (SSSR count). The van der Waals surface area contributed by atoms with E-state index >= 15 is 0 Å². The second kappa shape index (κ2) is 4.40. The summed E-state index contributed by atoms with van der Waals surface area (Å²) in [5.41, 5.74) is 0. The van der Waals surface area contributed by atoms with E-state index in [-0.39, 0.29) is 0 Å². The Hall–Kier alpha value is 0.150. The van der Waals surface area contributed by atoms with E-state index in [4.69, 9.17) is 0 Å². The van der Waals surface area contributed by atoms with Crippen LogP contribution in [-0.2, 0) is 10.8 Å². The Labute approximate surface area is 78.4 Å². The predicted molar refractivity (Wildman–Crippen MR) is 54.6 cm³/mol. The van der Waals surface area contributed by atoms with E-state index in [0.717, 1.165) is 23.5 Å². The molecule has 0 heterocycles. The molecule has 72 valence electrons. The molecule has 1 aliphatic carbocycles. The summed E-state index contributed by atoms with van der Waals surface area (Å²) in [6.07, 6.45) is 5.82. The lowest BCUT2D eigenvalue weighted by molar-refractivity contribution is 0.223. The van der Waals surface area contributed by atoms with E-state index in [1.165, 1.54) is 19.3 Å². The normalized spacial score (nSPS) is 39.4. The van der Waals surface area contributed by atoms with Crippen LogP contribution in [0.3, 0.4) is 0 Å². The van der Waals surface area contributed by atoms with Crippen LogP contribution in [0.25, 0.3) is 0 Å². The predicted octanol–water partition coefficient (Wildman–Crippen LogP) is 2.44. The molecule has 1 nitrogen and oxygen atoms in total. The molecule has 0 N–H and O–H groups in total. The summed E-state index contributed by atoms with van der Waals surface area (Å²) in [6.45, 7) is 4.63. The van der Waals surface area contributed by atoms with Crippen molar-refractivity contribution in [2.24, 2.45) is 17.8 Å². The number of hydrogen-bond donors (Lipinski definition) is 0. The van der Waals surface area contributed by atoms with Crippen molar-refractivity contribution in [3.05, 3.63) is 0 Å². The van der Waals surface area contributed by atoms with Gasteiger partial charge in [-0.2, -0.15) is 0 Å². The standard InChI is InChI=1S/C10H20OS/c1-8-4-5-9(2)10(6-8)7-12(3)11/h8-10H,4-7H2,1-3H3. The third-order valence-corrected chi connectivity index (χ3v) is 3.97. The van der Waals surface area contributed by atoms with E-state index in [2.05, 4.69) is 13.8 Å². The zero-order valence-corrected chi connectivity index (χ0v) is 9.19. The molecule has 0 aromatic heterocycles. The van der Waals surface area contributed by atoms with Crippen molar-refractivity contribution in [3.63, 3.8) is 0 Å². The molecule has 0 spiro atoms. The van der Waals surface area contributed by atoms with Crippen molar-refractivity contribution in [2.45, 2.75) is 33.1 Å². The van der Waals surface area contributed by atoms with Gasteiger partial charge in [0.25, 0.3) is 0 Å². The minimum Gasteiger partial charge on any atom is -0.260 e. The van der Waals surface area contributed by atoms with E-state index in [1.807, 2.05) is 6.26 Å². The molecule has 4 atom stereocenters. The summed E-state index contributed by atoms with van der Waals surface area (Å²) >= 11 is 0. The van der Waals surface area contributed by atoms with Crippen molar-refractivity contribution < 1.29 is 4.21 Å². The molecule has 0 radical (unpaired) electrons. The van der Waals surface area contributed by atoms with Gasteiger partial charge in [0.1, 0.15) is 0 Å². The van der Waals surface area contributed by atoms with E-state index in [0.29, 0.717) is 0 Å². The van der Waals surface area contributed by atoms with Crippen molar-refractivity contribution in [1.29, 1.82) is 0 Å². The van der Waals surface area contributed by atoms with Crippen molar-refractivity contribution in [1.82, 2.24) is 0 Å². The van der Waals surface area contributed by atoms with Gasteiger partial charge >= 0.3 is 0 Å². The summed E-state index contributed by atoms with van der Waals surface area (Å²) in [6, 6.07) is 0. The topological polar surface area (TPSA) is 17.1 Å². The van der Waals surface area contributed by atoms with Gasteiger partial charge in [-0.25, -0.2) is 0 Å². The number of hydrogen-bond acceptors (Lipinski definition) is 1. The van der Waals surface area contributed by atoms with Gasteiger partial charge in [-0.15, -0.1) is 0 Å². The van der Waals surface area contributed by atoms with Gasteiger partial charge in [-0.1, -0.05) is 26.7 Å². The average molecular weight is 188 g/mol. The quantitative estimate of drug-likeness (QED) is 0.650. The zero-order valence-electron chi connectivity index (χ0n) is 8.38. The maximum Gasteiger partial charge on any atom is 0.0263 e. The van der Waals surface area contributed by atoms with E-state index in [9.17, 15) is 4.21 Å². The Morgan fingerprint density at radius 2 is 2.00 bits per heavy atom. The Kier molecular flexibility index (Phi) is 3.76. The van der Waals surface area contributed by atoms with Gasteiger partial charge in [-0.3, -0.25) is 4.21 Å². The lowest BCUT2D eigenvalue weighted by Crippen LogP contribution is -2.26. The van der Waals surface area contributed by atoms with Gasteiger partial charge in [-0.05, 0) is 24.2 Å². The van der Waals surface area contributed by atoms with Crippen LogP contribution in [0, 0.1) is 17.8 Å². The second-order valence-electron chi connectivity index (χ2n) is 4.40. The fourth-order valence-electron chi connectivity index (χ4n) is 2.18. The third-order valence-electron chi connectivity index (χ3n) is 3.07. The van der Waals surface area contributed by atoms with E-state index in [1.54, 1.807) is 0 Å². The SMILES string of the molecule is CC1CCC(C)C(CS(C)=O)C1. The molecule has 0 aromatic rings. The summed E-state index contributed by atoms with van der Waals surface area (Å²) in [5.74, 6) is 3.30. The molecule has 0 amide bonds. The molecule has 1 saturated carbocycles. The van der Waals surface area contributed by atoms with Crippen LogP contribution in [0.1, 0.15) is 33.1 Å². The molecule has 0 saturated heterocycles. The molecule has 1 aliphatic rings. The highest BCUT2D eigenvalue weighted by Gasteiger charge is 2.25. The Morgan fingerprint density at radius 1 is 1.33 bits per heavy atom. The first-order valence-electron chi connectivity index (χ1n) is 4.89. The van der Waals surface area contributed by atoms with Crippen molar-refractivity contribution in [2.75, 3.05) is 12.0 Å². The lowest BCUT2D eigenvalue weighted by atomic mass is 9.76. The molecule has 0 bridgehead atoms. The molecular weight excluding hydrogens is 168 g/mol. The highest BCUT2D eigenvalue weighted by molar-refractivity contribution is 7.84. The summed E-state index contributed by atoms with van der Waals surface area (Å²) in [4.78, 5) is 0. The lowest BCUT2D eigenvalue weighted by Gasteiger charge is -2.32. The Morgan fingerprint density at radius 3 is 2.58 bits per heavy atom. The summed E-state index contributed by atoms with van der Waals surface area (Å²) in [5, 5.41) is 0. The fraction of sp³-hybridized carbons (Fsp3) is 1.00. The molecule has 2 heteroatoms. The van der Waals surface area contributed by atoms with Crippen LogP contribution in [0.4, 0.5) is 0 Å². The Bertz CT molecular complexity index is 167. The minimum atomic E-state index is -0.599. The molecule has 4 unspecified atom stereocenters. The smallest absolute Gasteiger partial charge is 0.0263 e. The first-order chi connectivity index (χ1) is 5.59. The maximum absolute atomic E-state index is 11.1. The summed E-state index contributed by atoms with van der Waals surface area (Å²) in [7, 11) is -0.599. The minimum absolute atomic E-state index is 0.599. The third kappa shape index (κ3) is 2.89. The van der Waals surface area contributed by atoms with Gasteiger partial charge in [0.05, 0.1) is 0 Å². The highest BCUT2D eigenvalue weighted by Crippen LogP contribution is 2.33. The van der Waals surface area contributed by atoms with Gasteiger partial charge in [0.2, 0.25) is 0 Å². The van der Waals surface area contributed by atoms with Gasteiger partial charge in [0.15, 0.2) is 0 Å². The number of rotatable bonds is 2. The van der Waals surface area contributed by atoms with Crippen LogP contribution >= 0.6 is 0 Å². The monoisotopic (exact) mass is 188 g/mol. The Balaban J connectivity index is 2.43. The first-order valence-corrected chi connectivity index (χ1v) is 6.62. The van der Waals surface area contributed by atoms with E-state index < -0.39 is 10.8 Å². The molecule has 12 heavy (non-hydrogen) atoms. The fourth-order valence-corrected chi connectivity index (χ4v) is 3.25. The average Bonchev–Trinajstić information content (AvgIpc) is 1.96. The van der Waals surface area contributed by atoms with Crippen LogP contribution in [0.5, 0.6) is 0 Å². The van der Waals surface area contributed by atoms with Crippen LogP contribution in [0.2, 0.25) is 0 Å². The van der Waals surface area contributed by atoms with Crippen LogP contribution in [-0.4, -0.2) is 16.2 Å². The maximum atomic E-state index is 11.1.